The lowest BCUT2D eigenvalue weighted by molar-refractivity contribution is -0.142. The van der Waals surface area contributed by atoms with Gasteiger partial charge < -0.3 is 15.8 Å². The zero-order chi connectivity index (χ0) is 13.7. The number of ether oxygens (including phenoxy) is 1. The summed E-state index contributed by atoms with van der Waals surface area (Å²) in [6, 6.07) is 7.47. The van der Waals surface area contributed by atoms with Gasteiger partial charge in [0.1, 0.15) is 0 Å². The van der Waals surface area contributed by atoms with E-state index in [0.717, 1.165) is 11.0 Å². The van der Waals surface area contributed by atoms with Crippen molar-refractivity contribution in [3.8, 4) is 0 Å². The Kier molecular flexibility index (Phi) is 4.12. The summed E-state index contributed by atoms with van der Waals surface area (Å²) in [5.41, 5.74) is 7.32. The van der Waals surface area contributed by atoms with Gasteiger partial charge in [-0.2, -0.15) is 0 Å². The first-order chi connectivity index (χ1) is 9.20. The number of rotatable bonds is 5. The van der Waals surface area contributed by atoms with Gasteiger partial charge in [0.2, 0.25) is 0 Å². The van der Waals surface area contributed by atoms with Crippen LogP contribution >= 0.6 is 0 Å². The number of hydrogen-bond acceptors (Lipinski definition) is 6. The molecule has 0 saturated heterocycles. The Morgan fingerprint density at radius 3 is 2.68 bits per heavy atom. The number of nitrogens with zero attached hydrogens (tertiary/aromatic N) is 2. The Bertz CT molecular complexity index is 586. The number of benzene rings is 1. The molecule has 1 aromatic heterocycles. The molecule has 100 valence electrons. The Morgan fingerprint density at radius 1 is 1.32 bits per heavy atom. The number of anilines is 2. The minimum atomic E-state index is -0.248. The fourth-order valence-electron chi connectivity index (χ4n) is 1.66. The van der Waals surface area contributed by atoms with E-state index in [-0.39, 0.29) is 12.4 Å². The average molecular weight is 260 g/mol. The molecule has 0 radical (unpaired) electrons. The van der Waals surface area contributed by atoms with E-state index >= 15 is 0 Å². The molecule has 0 unspecified atom stereocenters. The van der Waals surface area contributed by atoms with E-state index in [1.165, 1.54) is 0 Å². The molecule has 19 heavy (non-hydrogen) atoms. The van der Waals surface area contributed by atoms with Gasteiger partial charge >= 0.3 is 5.97 Å². The summed E-state index contributed by atoms with van der Waals surface area (Å²) in [5.74, 6) is 0.563. The van der Waals surface area contributed by atoms with Crippen molar-refractivity contribution in [1.82, 2.24) is 9.97 Å². The summed E-state index contributed by atoms with van der Waals surface area (Å²) < 4.78 is 4.83. The second kappa shape index (κ2) is 5.99. The molecule has 0 fully saturated rings. The maximum atomic E-state index is 11.2. The number of nitrogens with one attached hydrogen (secondary N) is 1. The summed E-state index contributed by atoms with van der Waals surface area (Å²) in [5, 5.41) is 2.99. The van der Waals surface area contributed by atoms with Gasteiger partial charge in [0.15, 0.2) is 11.6 Å². The zero-order valence-electron chi connectivity index (χ0n) is 10.7. The molecule has 6 nitrogen and oxygen atoms in total. The lowest BCUT2D eigenvalue weighted by Crippen LogP contribution is -2.13. The van der Waals surface area contributed by atoms with Crippen LogP contribution in [0.5, 0.6) is 0 Å². The molecule has 0 aliphatic heterocycles. The van der Waals surface area contributed by atoms with E-state index < -0.39 is 0 Å². The van der Waals surface area contributed by atoms with Crippen LogP contribution in [0.2, 0.25) is 0 Å². The normalized spacial score (nSPS) is 10.4. The van der Waals surface area contributed by atoms with E-state index in [9.17, 15) is 4.79 Å². The predicted octanol–water partition coefficient (Wildman–Crippen LogP) is 1.58. The number of fused-ring (bicyclic) bond motifs is 1. The molecular weight excluding hydrogens is 244 g/mol. The predicted molar refractivity (Wildman–Crippen MR) is 73.7 cm³/mol. The van der Waals surface area contributed by atoms with E-state index in [0.29, 0.717) is 24.8 Å². The standard InChI is InChI=1S/C13H16N4O2/c1-2-19-11(18)7-8-15-13-12(14)16-9-5-3-4-6-10(9)17-13/h3-6H,2,7-8H2,1H3,(H2,14,16)(H,15,17). The number of nitrogen functional groups attached to an aromatic ring is 1. The van der Waals surface area contributed by atoms with Crippen LogP contribution in [0.25, 0.3) is 11.0 Å². The van der Waals surface area contributed by atoms with E-state index in [4.69, 9.17) is 10.5 Å². The number of aromatic nitrogens is 2. The number of carbonyl (C=O) groups excluding carboxylic acids is 1. The van der Waals surface area contributed by atoms with Gasteiger partial charge in [-0.05, 0) is 19.1 Å². The smallest absolute Gasteiger partial charge is 0.307 e. The van der Waals surface area contributed by atoms with Gasteiger partial charge in [0, 0.05) is 6.54 Å². The molecule has 2 aromatic rings. The third-order valence-corrected chi connectivity index (χ3v) is 2.52. The third kappa shape index (κ3) is 3.31. The summed E-state index contributed by atoms with van der Waals surface area (Å²) >= 11 is 0. The molecular formula is C13H16N4O2. The molecule has 0 bridgehead atoms. The molecule has 0 atom stereocenters. The summed E-state index contributed by atoms with van der Waals surface area (Å²) in [6.45, 7) is 2.57. The van der Waals surface area contributed by atoms with E-state index in [1.54, 1.807) is 6.92 Å². The van der Waals surface area contributed by atoms with Crippen molar-refractivity contribution in [2.75, 3.05) is 24.2 Å². The summed E-state index contributed by atoms with van der Waals surface area (Å²) in [7, 11) is 0. The maximum absolute atomic E-state index is 11.2. The van der Waals surface area contributed by atoms with Crippen molar-refractivity contribution in [3.05, 3.63) is 24.3 Å². The number of hydrogen-bond donors (Lipinski definition) is 2. The Labute approximate surface area is 111 Å². The molecule has 2 rings (SSSR count). The number of nitrogens with two attached hydrogens (primary N) is 1. The van der Waals surface area contributed by atoms with Crippen LogP contribution in [0.3, 0.4) is 0 Å². The first-order valence-corrected chi connectivity index (χ1v) is 6.12. The van der Waals surface area contributed by atoms with Gasteiger partial charge in [-0.1, -0.05) is 12.1 Å². The van der Waals surface area contributed by atoms with Crippen molar-refractivity contribution < 1.29 is 9.53 Å². The Hall–Kier alpha value is -2.37. The topological polar surface area (TPSA) is 90.1 Å². The molecule has 0 amide bonds. The minimum absolute atomic E-state index is 0.248. The SMILES string of the molecule is CCOC(=O)CCNc1nc2ccccc2nc1N. The highest BCUT2D eigenvalue weighted by atomic mass is 16.5. The van der Waals surface area contributed by atoms with Crippen LogP contribution in [-0.4, -0.2) is 29.1 Å². The second-order valence-corrected chi connectivity index (χ2v) is 3.93. The largest absolute Gasteiger partial charge is 0.466 e. The van der Waals surface area contributed by atoms with Crippen molar-refractivity contribution in [2.45, 2.75) is 13.3 Å². The molecule has 1 aromatic carbocycles. The van der Waals surface area contributed by atoms with Crippen LogP contribution < -0.4 is 11.1 Å². The van der Waals surface area contributed by atoms with Gasteiger partial charge in [0.05, 0.1) is 24.1 Å². The molecule has 1 heterocycles. The lowest BCUT2D eigenvalue weighted by Gasteiger charge is -2.08. The Morgan fingerprint density at radius 2 is 2.00 bits per heavy atom. The fourth-order valence-corrected chi connectivity index (χ4v) is 1.66. The molecule has 0 spiro atoms. The second-order valence-electron chi connectivity index (χ2n) is 3.93. The first-order valence-electron chi connectivity index (χ1n) is 6.12. The van der Waals surface area contributed by atoms with Crippen molar-refractivity contribution in [2.24, 2.45) is 0 Å². The lowest BCUT2D eigenvalue weighted by atomic mass is 10.3. The molecule has 0 saturated carbocycles. The van der Waals surface area contributed by atoms with Gasteiger partial charge in [-0.25, -0.2) is 9.97 Å². The van der Waals surface area contributed by atoms with Crippen LogP contribution in [0.1, 0.15) is 13.3 Å². The molecule has 3 N–H and O–H groups in total. The van der Waals surface area contributed by atoms with Crippen LogP contribution in [0.4, 0.5) is 11.6 Å². The van der Waals surface area contributed by atoms with Gasteiger partial charge in [-0.3, -0.25) is 4.79 Å². The highest BCUT2D eigenvalue weighted by Crippen LogP contribution is 2.18. The maximum Gasteiger partial charge on any atom is 0.307 e. The van der Waals surface area contributed by atoms with Crippen molar-refractivity contribution in [3.63, 3.8) is 0 Å². The van der Waals surface area contributed by atoms with Crippen molar-refractivity contribution >= 4 is 28.6 Å². The molecule has 0 aliphatic carbocycles. The quantitative estimate of drug-likeness (QED) is 0.793. The number of carbonyl (C=O) groups is 1. The minimum Gasteiger partial charge on any atom is -0.466 e. The summed E-state index contributed by atoms with van der Waals surface area (Å²) in [4.78, 5) is 19.8. The zero-order valence-corrected chi connectivity index (χ0v) is 10.7. The van der Waals surface area contributed by atoms with E-state index in [1.807, 2.05) is 24.3 Å². The highest BCUT2D eigenvalue weighted by molar-refractivity contribution is 5.79. The first kappa shape index (κ1) is 13.1. The van der Waals surface area contributed by atoms with Gasteiger partial charge in [-0.15, -0.1) is 0 Å². The van der Waals surface area contributed by atoms with Crippen LogP contribution in [-0.2, 0) is 9.53 Å². The Balaban J connectivity index is 2.04. The van der Waals surface area contributed by atoms with Crippen LogP contribution in [0, 0.1) is 0 Å². The molecule has 0 aliphatic rings. The van der Waals surface area contributed by atoms with Gasteiger partial charge in [0.25, 0.3) is 0 Å². The summed E-state index contributed by atoms with van der Waals surface area (Å²) in [6.07, 6.45) is 0.266. The highest BCUT2D eigenvalue weighted by Gasteiger charge is 2.06. The number of esters is 1. The van der Waals surface area contributed by atoms with E-state index in [2.05, 4.69) is 15.3 Å². The number of para-hydroxylation sites is 2. The third-order valence-electron chi connectivity index (χ3n) is 2.52. The average Bonchev–Trinajstić information content (AvgIpc) is 2.39. The molecule has 6 heteroatoms. The van der Waals surface area contributed by atoms with Crippen LogP contribution in [0.15, 0.2) is 24.3 Å². The van der Waals surface area contributed by atoms with Crippen molar-refractivity contribution in [1.29, 1.82) is 0 Å². The fraction of sp³-hybridized carbons (Fsp3) is 0.308. The monoisotopic (exact) mass is 260 g/mol.